The van der Waals surface area contributed by atoms with Crippen LogP contribution < -0.4 is 5.11 Å². The zero-order valence-electron chi connectivity index (χ0n) is 44.6. The number of hydrogen-bond acceptors (Lipinski definition) is 8. The number of esters is 2. The molecule has 0 saturated heterocycles. The van der Waals surface area contributed by atoms with Crippen LogP contribution in [0.3, 0.4) is 0 Å². The van der Waals surface area contributed by atoms with E-state index in [1.807, 2.05) is 21.1 Å². The van der Waals surface area contributed by atoms with Crippen LogP contribution in [0, 0.1) is 0 Å². The lowest BCUT2D eigenvalue weighted by Gasteiger charge is -2.26. The molecule has 0 aliphatic heterocycles. The summed E-state index contributed by atoms with van der Waals surface area (Å²) in [4.78, 5) is 37.2. The highest BCUT2D eigenvalue weighted by atomic mass is 16.7. The quantitative estimate of drug-likeness (QED) is 0.0195. The molecule has 0 aromatic rings. The molecule has 2 unspecified atom stereocenters. The zero-order chi connectivity index (χ0) is 50.6. The summed E-state index contributed by atoms with van der Waals surface area (Å²) in [5, 5.41) is 11.7. The SMILES string of the molecule is CC/C=C\C/C=C\C/C=C\C/C=C\C/C=C\C/C=C\C/C=C\C/C=C\CCCCCCC(=O)OC(COC(=O)CCCCCCCCCCCCCCCCC)COC(OCC[N+](C)(C)C)C(=O)[O-]. The molecule has 394 valence electrons. The van der Waals surface area contributed by atoms with E-state index in [-0.39, 0.29) is 38.6 Å². The van der Waals surface area contributed by atoms with Gasteiger partial charge < -0.3 is 33.3 Å². The number of ether oxygens (including phenoxy) is 4. The van der Waals surface area contributed by atoms with Crippen molar-refractivity contribution in [1.29, 1.82) is 0 Å². The van der Waals surface area contributed by atoms with E-state index < -0.39 is 24.3 Å². The molecule has 9 nitrogen and oxygen atoms in total. The molecule has 0 aliphatic rings. The summed E-state index contributed by atoms with van der Waals surface area (Å²) in [5.74, 6) is -2.32. The van der Waals surface area contributed by atoms with E-state index >= 15 is 0 Å². The lowest BCUT2D eigenvalue weighted by molar-refractivity contribution is -0.870. The summed E-state index contributed by atoms with van der Waals surface area (Å²) in [7, 11) is 5.90. The Morgan fingerprint density at radius 3 is 1.23 bits per heavy atom. The molecule has 0 rings (SSSR count). The first-order valence-electron chi connectivity index (χ1n) is 27.4. The van der Waals surface area contributed by atoms with E-state index in [9.17, 15) is 19.5 Å². The van der Waals surface area contributed by atoms with Gasteiger partial charge in [0.2, 0.25) is 0 Å². The average molecular weight is 964 g/mol. The highest BCUT2D eigenvalue weighted by molar-refractivity contribution is 5.70. The highest BCUT2D eigenvalue weighted by Crippen LogP contribution is 2.15. The number of carbonyl (C=O) groups is 3. The maximum absolute atomic E-state index is 12.8. The molecule has 0 spiro atoms. The fourth-order valence-corrected chi connectivity index (χ4v) is 7.14. The zero-order valence-corrected chi connectivity index (χ0v) is 44.6. The predicted octanol–water partition coefficient (Wildman–Crippen LogP) is 14.4. The standard InChI is InChI=1S/C60H101NO8/c1-6-8-10-12-14-16-18-20-22-23-24-25-26-27-28-29-30-31-32-33-34-35-37-39-41-43-45-47-49-51-58(63)69-56(55-68-60(59(64)65)66-53-52-61(3,4)5)54-67-57(62)50-48-46-44-42-40-38-36-21-19-17-15-13-11-9-7-2/h8,10,14,16,20,22,24-25,27-28,30-31,33-34,37,39,56,60H,6-7,9,11-13,15,17-19,21,23,26,29,32,35-36,38,40-55H2,1-5H3/b10-8-,16-14-,22-20-,25-24-,28-27-,31-30-,34-33-,39-37-. The molecule has 2 atom stereocenters. The molecular formula is C60H101NO8. The van der Waals surface area contributed by atoms with Crippen molar-refractivity contribution in [2.24, 2.45) is 0 Å². The number of carbonyl (C=O) groups excluding carboxylic acids is 3. The molecule has 0 aromatic carbocycles. The molecule has 0 bridgehead atoms. The minimum Gasteiger partial charge on any atom is -0.545 e. The van der Waals surface area contributed by atoms with Crippen molar-refractivity contribution in [2.45, 2.75) is 219 Å². The third-order valence-corrected chi connectivity index (χ3v) is 11.3. The Bertz CT molecular complexity index is 1450. The van der Waals surface area contributed by atoms with Gasteiger partial charge in [0.15, 0.2) is 12.4 Å². The van der Waals surface area contributed by atoms with Crippen LogP contribution in [-0.4, -0.2) is 82.3 Å². The fourth-order valence-electron chi connectivity index (χ4n) is 7.14. The normalized spacial score (nSPS) is 13.6. The van der Waals surface area contributed by atoms with Crippen molar-refractivity contribution in [2.75, 3.05) is 47.5 Å². The number of likely N-dealkylation sites (N-methyl/N-ethyl adjacent to an activating group) is 1. The number of unbranched alkanes of at least 4 members (excludes halogenated alkanes) is 18. The van der Waals surface area contributed by atoms with Crippen LogP contribution in [0.2, 0.25) is 0 Å². The van der Waals surface area contributed by atoms with Crippen molar-refractivity contribution in [3.05, 3.63) is 97.2 Å². The van der Waals surface area contributed by atoms with Crippen molar-refractivity contribution in [3.8, 4) is 0 Å². The Hall–Kier alpha value is -3.79. The van der Waals surface area contributed by atoms with Gasteiger partial charge in [0.25, 0.3) is 0 Å². The molecular weight excluding hydrogens is 863 g/mol. The number of carboxylic acid groups (broad SMARTS) is 1. The van der Waals surface area contributed by atoms with Crippen LogP contribution in [0.15, 0.2) is 97.2 Å². The minimum atomic E-state index is -1.63. The Morgan fingerprint density at radius 2 is 0.826 bits per heavy atom. The second-order valence-electron chi connectivity index (χ2n) is 19.1. The third kappa shape index (κ3) is 51.9. The summed E-state index contributed by atoms with van der Waals surface area (Å²) < 4.78 is 22.6. The van der Waals surface area contributed by atoms with Crippen molar-refractivity contribution in [1.82, 2.24) is 0 Å². The van der Waals surface area contributed by atoms with E-state index in [4.69, 9.17) is 18.9 Å². The van der Waals surface area contributed by atoms with Gasteiger partial charge in [-0.25, -0.2) is 0 Å². The Labute approximate surface area is 422 Å². The second kappa shape index (κ2) is 50.6. The van der Waals surface area contributed by atoms with Gasteiger partial charge in [-0.3, -0.25) is 9.59 Å². The monoisotopic (exact) mass is 964 g/mol. The van der Waals surface area contributed by atoms with Crippen LogP contribution in [-0.2, 0) is 33.3 Å². The van der Waals surface area contributed by atoms with Crippen LogP contribution >= 0.6 is 0 Å². The van der Waals surface area contributed by atoms with E-state index in [1.165, 1.54) is 77.0 Å². The van der Waals surface area contributed by atoms with Crippen LogP contribution in [0.25, 0.3) is 0 Å². The van der Waals surface area contributed by atoms with Crippen LogP contribution in [0.5, 0.6) is 0 Å². The van der Waals surface area contributed by atoms with Crippen LogP contribution in [0.1, 0.15) is 206 Å². The van der Waals surface area contributed by atoms with E-state index in [1.54, 1.807) is 0 Å². The van der Waals surface area contributed by atoms with Gasteiger partial charge in [0, 0.05) is 12.8 Å². The largest absolute Gasteiger partial charge is 0.545 e. The first kappa shape index (κ1) is 65.2. The van der Waals surface area contributed by atoms with Gasteiger partial charge in [-0.2, -0.15) is 0 Å². The maximum Gasteiger partial charge on any atom is 0.306 e. The molecule has 0 N–H and O–H groups in total. The van der Waals surface area contributed by atoms with Gasteiger partial charge in [0.05, 0.1) is 40.3 Å². The molecule has 0 aliphatic carbocycles. The number of aliphatic carboxylic acids is 1. The number of quaternary nitrogens is 1. The Morgan fingerprint density at radius 1 is 0.449 bits per heavy atom. The first-order chi connectivity index (χ1) is 33.6. The van der Waals surface area contributed by atoms with Crippen molar-refractivity contribution in [3.63, 3.8) is 0 Å². The van der Waals surface area contributed by atoms with E-state index in [2.05, 4.69) is 111 Å². The van der Waals surface area contributed by atoms with Crippen molar-refractivity contribution >= 4 is 17.9 Å². The molecule has 0 fully saturated rings. The van der Waals surface area contributed by atoms with E-state index in [0.717, 1.165) is 96.3 Å². The number of hydrogen-bond donors (Lipinski definition) is 0. The minimum absolute atomic E-state index is 0.138. The number of carboxylic acids is 1. The molecule has 9 heteroatoms. The summed E-state index contributed by atoms with van der Waals surface area (Å²) in [5.41, 5.74) is 0. The van der Waals surface area contributed by atoms with Gasteiger partial charge in [-0.05, 0) is 77.0 Å². The number of allylic oxidation sites excluding steroid dienone is 16. The molecule has 0 saturated carbocycles. The molecule has 0 radical (unpaired) electrons. The predicted molar refractivity (Wildman–Crippen MR) is 287 cm³/mol. The molecule has 69 heavy (non-hydrogen) atoms. The summed E-state index contributed by atoms with van der Waals surface area (Å²) in [6, 6.07) is 0. The fraction of sp³-hybridized carbons (Fsp3) is 0.683. The third-order valence-electron chi connectivity index (χ3n) is 11.3. The summed E-state index contributed by atoms with van der Waals surface area (Å²) >= 11 is 0. The lowest BCUT2D eigenvalue weighted by atomic mass is 10.0. The topological polar surface area (TPSA) is 111 Å². The number of nitrogens with zero attached hydrogens (tertiary/aromatic N) is 1. The van der Waals surface area contributed by atoms with E-state index in [0.29, 0.717) is 17.4 Å². The van der Waals surface area contributed by atoms with Gasteiger partial charge in [-0.15, -0.1) is 0 Å². The lowest BCUT2D eigenvalue weighted by Crippen LogP contribution is -2.44. The Balaban J connectivity index is 4.36. The Kier molecular flexibility index (Phi) is 47.8. The smallest absolute Gasteiger partial charge is 0.306 e. The van der Waals surface area contributed by atoms with Gasteiger partial charge in [-0.1, -0.05) is 214 Å². The van der Waals surface area contributed by atoms with Crippen molar-refractivity contribution < 1.29 is 42.9 Å². The second-order valence-corrected chi connectivity index (χ2v) is 19.1. The summed E-state index contributed by atoms with van der Waals surface area (Å²) in [6.07, 6.45) is 64.4. The van der Waals surface area contributed by atoms with Crippen LogP contribution in [0.4, 0.5) is 0 Å². The number of rotatable bonds is 49. The first-order valence-corrected chi connectivity index (χ1v) is 27.4. The highest BCUT2D eigenvalue weighted by Gasteiger charge is 2.22. The van der Waals surface area contributed by atoms with Gasteiger partial charge >= 0.3 is 11.9 Å². The van der Waals surface area contributed by atoms with Gasteiger partial charge in [0.1, 0.15) is 13.2 Å². The molecule has 0 amide bonds. The summed E-state index contributed by atoms with van der Waals surface area (Å²) in [6.45, 7) is 4.59. The molecule has 0 heterocycles. The average Bonchev–Trinajstić information content (AvgIpc) is 3.31. The maximum atomic E-state index is 12.8. The molecule has 0 aromatic heterocycles.